The van der Waals surface area contributed by atoms with E-state index in [4.69, 9.17) is 11.6 Å². The number of carbonyl (C=O) groups is 1. The van der Waals surface area contributed by atoms with Gasteiger partial charge in [0, 0.05) is 5.69 Å². The van der Waals surface area contributed by atoms with E-state index in [-0.39, 0.29) is 16.5 Å². The van der Waals surface area contributed by atoms with E-state index in [1.807, 2.05) is 32.0 Å². The van der Waals surface area contributed by atoms with Crippen LogP contribution in [0.3, 0.4) is 0 Å². The molecule has 19 heavy (non-hydrogen) atoms. The van der Waals surface area contributed by atoms with Crippen LogP contribution in [0.25, 0.3) is 0 Å². The predicted octanol–water partition coefficient (Wildman–Crippen LogP) is 4.35. The highest BCUT2D eigenvalue weighted by Crippen LogP contribution is 2.23. The summed E-state index contributed by atoms with van der Waals surface area (Å²) in [6, 6.07) is 9.46. The van der Waals surface area contributed by atoms with Crippen LogP contribution < -0.4 is 5.32 Å². The standard InChI is InChI=1S/C15H13ClFNO/c1-9-4-3-5-10(2)14(9)18-15(19)12-7-6-11(17)8-13(12)16/h3-8H,1-2H3,(H,18,19). The van der Waals surface area contributed by atoms with Crippen LogP contribution >= 0.6 is 11.6 Å². The maximum absolute atomic E-state index is 12.9. The molecule has 2 aromatic rings. The second kappa shape index (κ2) is 5.41. The number of hydrogen-bond acceptors (Lipinski definition) is 1. The van der Waals surface area contributed by atoms with Gasteiger partial charge in [-0.05, 0) is 43.2 Å². The van der Waals surface area contributed by atoms with Crippen LogP contribution in [-0.2, 0) is 0 Å². The number of rotatable bonds is 2. The van der Waals surface area contributed by atoms with Gasteiger partial charge in [-0.2, -0.15) is 0 Å². The topological polar surface area (TPSA) is 29.1 Å². The molecular weight excluding hydrogens is 265 g/mol. The molecule has 0 fully saturated rings. The first-order valence-corrected chi connectivity index (χ1v) is 6.19. The monoisotopic (exact) mass is 277 g/mol. The van der Waals surface area contributed by atoms with Crippen LogP contribution in [-0.4, -0.2) is 5.91 Å². The molecule has 0 aliphatic carbocycles. The lowest BCUT2D eigenvalue weighted by Gasteiger charge is -2.12. The van der Waals surface area contributed by atoms with E-state index >= 15 is 0 Å². The van der Waals surface area contributed by atoms with Crippen molar-refractivity contribution in [2.45, 2.75) is 13.8 Å². The van der Waals surface area contributed by atoms with Crippen molar-refractivity contribution in [3.8, 4) is 0 Å². The van der Waals surface area contributed by atoms with Crippen LogP contribution in [0.5, 0.6) is 0 Å². The summed E-state index contributed by atoms with van der Waals surface area (Å²) < 4.78 is 12.9. The summed E-state index contributed by atoms with van der Waals surface area (Å²) in [5.41, 5.74) is 2.94. The fraction of sp³-hybridized carbons (Fsp3) is 0.133. The Kier molecular flexibility index (Phi) is 3.86. The highest BCUT2D eigenvalue weighted by molar-refractivity contribution is 6.34. The smallest absolute Gasteiger partial charge is 0.257 e. The van der Waals surface area contributed by atoms with E-state index in [0.717, 1.165) is 22.9 Å². The van der Waals surface area contributed by atoms with Crippen molar-refractivity contribution >= 4 is 23.2 Å². The molecule has 0 spiro atoms. The third kappa shape index (κ3) is 2.93. The molecule has 0 atom stereocenters. The molecule has 0 aromatic heterocycles. The summed E-state index contributed by atoms with van der Waals surface area (Å²) in [6.45, 7) is 3.82. The summed E-state index contributed by atoms with van der Waals surface area (Å²) in [5.74, 6) is -0.809. The molecule has 2 nitrogen and oxygen atoms in total. The molecule has 1 N–H and O–H groups in total. The van der Waals surface area contributed by atoms with Gasteiger partial charge in [0.05, 0.1) is 10.6 Å². The molecule has 0 radical (unpaired) electrons. The van der Waals surface area contributed by atoms with Crippen molar-refractivity contribution in [1.82, 2.24) is 0 Å². The maximum atomic E-state index is 12.9. The number of benzene rings is 2. The van der Waals surface area contributed by atoms with E-state index < -0.39 is 5.82 Å². The highest BCUT2D eigenvalue weighted by atomic mass is 35.5. The van der Waals surface area contributed by atoms with Gasteiger partial charge in [0.25, 0.3) is 5.91 Å². The summed E-state index contributed by atoms with van der Waals surface area (Å²) >= 11 is 5.87. The lowest BCUT2D eigenvalue weighted by atomic mass is 10.1. The Labute approximate surface area is 116 Å². The number of hydrogen-bond donors (Lipinski definition) is 1. The van der Waals surface area contributed by atoms with Gasteiger partial charge in [-0.25, -0.2) is 4.39 Å². The van der Waals surface area contributed by atoms with Crippen molar-refractivity contribution < 1.29 is 9.18 Å². The van der Waals surface area contributed by atoms with Crippen LogP contribution in [0.4, 0.5) is 10.1 Å². The minimum absolute atomic E-state index is 0.101. The third-order valence-electron chi connectivity index (χ3n) is 2.90. The first-order chi connectivity index (χ1) is 8.99. The molecular formula is C15H13ClFNO. The van der Waals surface area contributed by atoms with Crippen molar-refractivity contribution in [2.75, 3.05) is 5.32 Å². The molecule has 2 aromatic carbocycles. The summed E-state index contributed by atoms with van der Waals surface area (Å²) in [7, 11) is 0. The number of anilines is 1. The van der Waals surface area contributed by atoms with Gasteiger partial charge in [0.2, 0.25) is 0 Å². The van der Waals surface area contributed by atoms with Gasteiger partial charge >= 0.3 is 0 Å². The minimum Gasteiger partial charge on any atom is -0.321 e. The largest absolute Gasteiger partial charge is 0.321 e. The van der Waals surface area contributed by atoms with E-state index in [2.05, 4.69) is 5.32 Å². The normalized spacial score (nSPS) is 10.3. The van der Waals surface area contributed by atoms with Gasteiger partial charge in [-0.15, -0.1) is 0 Å². The Morgan fingerprint density at radius 2 is 1.79 bits per heavy atom. The molecule has 0 bridgehead atoms. The number of para-hydroxylation sites is 1. The zero-order valence-electron chi connectivity index (χ0n) is 10.6. The van der Waals surface area contributed by atoms with Crippen molar-refractivity contribution in [3.05, 3.63) is 63.9 Å². The Hall–Kier alpha value is -1.87. The molecule has 2 rings (SSSR count). The van der Waals surface area contributed by atoms with Crippen molar-refractivity contribution in [2.24, 2.45) is 0 Å². The van der Waals surface area contributed by atoms with E-state index in [1.165, 1.54) is 12.1 Å². The second-order valence-corrected chi connectivity index (χ2v) is 4.75. The molecule has 0 unspecified atom stereocenters. The van der Waals surface area contributed by atoms with Crippen LogP contribution in [0.15, 0.2) is 36.4 Å². The Morgan fingerprint density at radius 3 is 2.37 bits per heavy atom. The average molecular weight is 278 g/mol. The zero-order chi connectivity index (χ0) is 14.0. The van der Waals surface area contributed by atoms with Gasteiger partial charge < -0.3 is 5.32 Å². The maximum Gasteiger partial charge on any atom is 0.257 e. The van der Waals surface area contributed by atoms with Gasteiger partial charge in [0.1, 0.15) is 5.82 Å². The number of aryl methyl sites for hydroxylation is 2. The Bertz CT molecular complexity index is 620. The second-order valence-electron chi connectivity index (χ2n) is 4.35. The molecule has 0 aliphatic heterocycles. The molecule has 0 saturated heterocycles. The third-order valence-corrected chi connectivity index (χ3v) is 3.21. The molecule has 0 aliphatic rings. The summed E-state index contributed by atoms with van der Waals surface area (Å²) in [5, 5.41) is 2.91. The molecule has 4 heteroatoms. The van der Waals surface area contributed by atoms with Gasteiger partial charge in [0.15, 0.2) is 0 Å². The zero-order valence-corrected chi connectivity index (χ0v) is 11.4. The predicted molar refractivity (Wildman–Crippen MR) is 75.3 cm³/mol. The van der Waals surface area contributed by atoms with Gasteiger partial charge in [-0.3, -0.25) is 4.79 Å². The van der Waals surface area contributed by atoms with Gasteiger partial charge in [-0.1, -0.05) is 29.8 Å². The van der Waals surface area contributed by atoms with E-state index in [9.17, 15) is 9.18 Å². The van der Waals surface area contributed by atoms with Crippen molar-refractivity contribution in [3.63, 3.8) is 0 Å². The molecule has 98 valence electrons. The minimum atomic E-state index is -0.464. The van der Waals surface area contributed by atoms with Crippen LogP contribution in [0.2, 0.25) is 5.02 Å². The summed E-state index contributed by atoms with van der Waals surface area (Å²) in [4.78, 5) is 12.1. The van der Waals surface area contributed by atoms with E-state index in [1.54, 1.807) is 0 Å². The number of carbonyl (C=O) groups excluding carboxylic acids is 1. The lowest BCUT2D eigenvalue weighted by Crippen LogP contribution is -2.14. The number of nitrogens with one attached hydrogen (secondary N) is 1. The SMILES string of the molecule is Cc1cccc(C)c1NC(=O)c1ccc(F)cc1Cl. The average Bonchev–Trinajstić information content (AvgIpc) is 2.33. The van der Waals surface area contributed by atoms with Crippen molar-refractivity contribution in [1.29, 1.82) is 0 Å². The van der Waals surface area contributed by atoms with Crippen LogP contribution in [0.1, 0.15) is 21.5 Å². The Balaban J connectivity index is 2.31. The first-order valence-electron chi connectivity index (χ1n) is 5.81. The highest BCUT2D eigenvalue weighted by Gasteiger charge is 2.13. The molecule has 0 heterocycles. The quantitative estimate of drug-likeness (QED) is 0.869. The summed E-state index contributed by atoms with van der Waals surface area (Å²) in [6.07, 6.45) is 0. The van der Waals surface area contributed by atoms with Crippen LogP contribution in [0, 0.1) is 19.7 Å². The molecule has 0 saturated carbocycles. The first kappa shape index (κ1) is 13.6. The fourth-order valence-corrected chi connectivity index (χ4v) is 2.12. The fourth-order valence-electron chi connectivity index (χ4n) is 1.87. The van der Waals surface area contributed by atoms with E-state index in [0.29, 0.717) is 0 Å². The molecule has 1 amide bonds. The number of amides is 1. The Morgan fingerprint density at radius 1 is 1.16 bits per heavy atom. The lowest BCUT2D eigenvalue weighted by molar-refractivity contribution is 0.102. The number of halogens is 2.